The molecule has 2 aromatic carbocycles. The molecule has 3 N–H and O–H groups in total. The van der Waals surface area contributed by atoms with Gasteiger partial charge in [0.05, 0.1) is 16.2 Å². The Morgan fingerprint density at radius 1 is 1.14 bits per heavy atom. The first-order valence-electron chi connectivity index (χ1n) is 13.2. The Morgan fingerprint density at radius 2 is 1.84 bits per heavy atom. The lowest BCUT2D eigenvalue weighted by Crippen LogP contribution is -2.50. The van der Waals surface area contributed by atoms with Crippen LogP contribution in [0, 0.1) is 0 Å². The van der Waals surface area contributed by atoms with E-state index in [1.54, 1.807) is 4.90 Å². The molecule has 0 saturated carbocycles. The number of benzene rings is 2. The van der Waals surface area contributed by atoms with Gasteiger partial charge in [0.2, 0.25) is 5.91 Å². The van der Waals surface area contributed by atoms with Crippen LogP contribution in [0.25, 0.3) is 0 Å². The van der Waals surface area contributed by atoms with Gasteiger partial charge >= 0.3 is 12.3 Å². The maximum atomic E-state index is 14.2. The van der Waals surface area contributed by atoms with E-state index in [4.69, 9.17) is 28.3 Å². The van der Waals surface area contributed by atoms with E-state index >= 15 is 0 Å². The number of hydrogen-bond donors (Lipinski definition) is 3. The first-order chi connectivity index (χ1) is 20.0. The first-order valence-corrected chi connectivity index (χ1v) is 15.6. The number of halogens is 5. The zero-order valence-electron chi connectivity index (χ0n) is 23.3. The number of alkyl halides is 3. The van der Waals surface area contributed by atoms with Crippen LogP contribution in [-0.2, 0) is 33.9 Å². The Bertz CT molecular complexity index is 1490. The predicted molar refractivity (Wildman–Crippen MR) is 154 cm³/mol. The van der Waals surface area contributed by atoms with Crippen molar-refractivity contribution in [2.75, 3.05) is 32.4 Å². The van der Waals surface area contributed by atoms with Crippen molar-refractivity contribution in [2.45, 2.75) is 50.0 Å². The Hall–Kier alpha value is -3.07. The van der Waals surface area contributed by atoms with Crippen molar-refractivity contribution in [3.05, 3.63) is 62.6 Å². The number of carboxylic acid groups (broad SMARTS) is 1. The molecule has 0 spiro atoms. The van der Waals surface area contributed by atoms with Crippen molar-refractivity contribution in [1.82, 2.24) is 20.4 Å². The molecule has 10 nitrogen and oxygen atoms in total. The Balaban J connectivity index is 1.81. The normalized spacial score (nSPS) is 16.0. The molecule has 1 aliphatic rings. The Kier molecular flexibility index (Phi) is 11.3. The van der Waals surface area contributed by atoms with E-state index in [1.165, 1.54) is 37.1 Å². The third-order valence-electron chi connectivity index (χ3n) is 7.13. The predicted octanol–water partition coefficient (Wildman–Crippen LogP) is 4.43. The van der Waals surface area contributed by atoms with E-state index in [0.717, 1.165) is 6.07 Å². The number of sulfone groups is 1. The van der Waals surface area contributed by atoms with Crippen LogP contribution >= 0.6 is 23.2 Å². The number of nitrogens with zero attached hydrogens (tertiary/aromatic N) is 2. The quantitative estimate of drug-likeness (QED) is 0.341. The molecule has 2 aromatic rings. The van der Waals surface area contributed by atoms with Crippen LogP contribution in [0.2, 0.25) is 10.0 Å². The van der Waals surface area contributed by atoms with Crippen LogP contribution in [0.3, 0.4) is 0 Å². The zero-order valence-corrected chi connectivity index (χ0v) is 25.6. The third-order valence-corrected chi connectivity index (χ3v) is 9.54. The summed E-state index contributed by atoms with van der Waals surface area (Å²) in [6, 6.07) is 5.52. The second kappa shape index (κ2) is 14.1. The topological polar surface area (TPSA) is 136 Å². The lowest BCUT2D eigenvalue weighted by molar-refractivity contribution is -0.138. The van der Waals surface area contributed by atoms with Gasteiger partial charge in [0.25, 0.3) is 5.91 Å². The molecule has 0 radical (unpaired) electrons. The molecular weight excluding hydrogens is 636 g/mol. The SMILES string of the molecule is CCS(=O)(=O)c1ccc(Cl)cc1CNC(=O)c1cc(Cl)c(CN2CCC[C@H](N(C)C(=O)CNC(=O)O)C2)c(C(F)(F)F)c1. The molecule has 1 heterocycles. The molecule has 236 valence electrons. The number of amides is 3. The molecule has 16 heteroatoms. The van der Waals surface area contributed by atoms with Crippen molar-refractivity contribution in [3.63, 3.8) is 0 Å². The summed E-state index contributed by atoms with van der Waals surface area (Å²) in [7, 11) is -2.16. The highest BCUT2D eigenvalue weighted by atomic mass is 35.5. The minimum Gasteiger partial charge on any atom is -0.465 e. The lowest BCUT2D eigenvalue weighted by Gasteiger charge is -2.38. The molecule has 0 aromatic heterocycles. The maximum Gasteiger partial charge on any atom is 0.416 e. The number of rotatable bonds is 10. The highest BCUT2D eigenvalue weighted by Gasteiger charge is 2.37. The van der Waals surface area contributed by atoms with Crippen LogP contribution in [0.15, 0.2) is 35.2 Å². The van der Waals surface area contributed by atoms with E-state index in [9.17, 15) is 36.0 Å². The van der Waals surface area contributed by atoms with E-state index in [1.807, 2.05) is 5.32 Å². The average Bonchev–Trinajstić information content (AvgIpc) is 2.94. The largest absolute Gasteiger partial charge is 0.465 e. The van der Waals surface area contributed by atoms with Crippen molar-refractivity contribution >= 4 is 50.9 Å². The van der Waals surface area contributed by atoms with Crippen LogP contribution in [0.1, 0.15) is 46.8 Å². The summed E-state index contributed by atoms with van der Waals surface area (Å²) >= 11 is 12.3. The van der Waals surface area contributed by atoms with Crippen LogP contribution < -0.4 is 10.6 Å². The van der Waals surface area contributed by atoms with Crippen molar-refractivity contribution in [1.29, 1.82) is 0 Å². The lowest BCUT2D eigenvalue weighted by atomic mass is 9.99. The highest BCUT2D eigenvalue weighted by molar-refractivity contribution is 7.91. The summed E-state index contributed by atoms with van der Waals surface area (Å²) < 4.78 is 67.5. The first kappa shape index (κ1) is 34.4. The zero-order chi connectivity index (χ0) is 32.1. The van der Waals surface area contributed by atoms with Gasteiger partial charge in [-0.15, -0.1) is 0 Å². The van der Waals surface area contributed by atoms with Crippen molar-refractivity contribution < 1.29 is 41.1 Å². The van der Waals surface area contributed by atoms with E-state index in [0.29, 0.717) is 25.5 Å². The standard InChI is InChI=1S/C27H31Cl2F3N4O6S/c1-3-43(41,42)23-7-6-18(28)9-17(23)12-33-25(38)16-10-21(27(30,31)32)20(22(29)11-16)15-36-8-4-5-19(14-36)35(2)24(37)13-34-26(39)40/h6-7,9-11,19,34H,3-5,8,12-15H2,1-2H3,(H,33,38)(H,39,40)/t19-/m0/s1. The summed E-state index contributed by atoms with van der Waals surface area (Å²) in [6.45, 7) is 1.18. The fourth-order valence-corrected chi connectivity index (χ4v) is 6.39. The second-order valence-electron chi connectivity index (χ2n) is 10.0. The number of hydrogen-bond acceptors (Lipinski definition) is 6. The molecule has 0 unspecified atom stereocenters. The number of carbonyl (C=O) groups is 3. The number of carbonyl (C=O) groups excluding carboxylic acids is 2. The van der Waals surface area contributed by atoms with Gasteiger partial charge in [-0.3, -0.25) is 14.5 Å². The minimum absolute atomic E-state index is 0.0469. The fraction of sp³-hybridized carbons (Fsp3) is 0.444. The van der Waals surface area contributed by atoms with Gasteiger partial charge < -0.3 is 20.6 Å². The van der Waals surface area contributed by atoms with Gasteiger partial charge in [0, 0.05) is 48.3 Å². The molecule has 0 bridgehead atoms. The van der Waals surface area contributed by atoms with Crippen LogP contribution in [-0.4, -0.2) is 79.7 Å². The summed E-state index contributed by atoms with van der Waals surface area (Å²) in [5.41, 5.74) is -1.52. The molecule has 1 fully saturated rings. The number of piperidine rings is 1. The van der Waals surface area contributed by atoms with Crippen molar-refractivity contribution in [2.24, 2.45) is 0 Å². The van der Waals surface area contributed by atoms with Gasteiger partial charge in [-0.25, -0.2) is 13.2 Å². The Labute approximate surface area is 257 Å². The van der Waals surface area contributed by atoms with Gasteiger partial charge in [0.15, 0.2) is 9.84 Å². The number of likely N-dealkylation sites (tertiary alicyclic amines) is 1. The molecule has 3 rings (SSSR count). The number of nitrogens with one attached hydrogen (secondary N) is 2. The Morgan fingerprint density at radius 3 is 2.47 bits per heavy atom. The van der Waals surface area contributed by atoms with E-state index in [-0.39, 0.29) is 63.1 Å². The average molecular weight is 668 g/mol. The van der Waals surface area contributed by atoms with Crippen molar-refractivity contribution in [3.8, 4) is 0 Å². The monoisotopic (exact) mass is 666 g/mol. The van der Waals surface area contributed by atoms with Gasteiger partial charge in [0.1, 0.15) is 6.54 Å². The second-order valence-corrected chi connectivity index (χ2v) is 13.1. The van der Waals surface area contributed by atoms with Gasteiger partial charge in [-0.1, -0.05) is 30.1 Å². The molecular formula is C27H31Cl2F3N4O6S. The fourth-order valence-electron chi connectivity index (χ4n) is 4.80. The molecule has 3 amide bonds. The smallest absolute Gasteiger partial charge is 0.416 e. The van der Waals surface area contributed by atoms with Gasteiger partial charge in [-0.2, -0.15) is 13.2 Å². The highest BCUT2D eigenvalue weighted by Crippen LogP contribution is 2.37. The minimum atomic E-state index is -4.85. The van der Waals surface area contributed by atoms with E-state index in [2.05, 4.69) is 5.32 Å². The van der Waals surface area contributed by atoms with Crippen LogP contribution in [0.5, 0.6) is 0 Å². The molecule has 0 aliphatic carbocycles. The molecule has 1 atom stereocenters. The number of likely N-dealkylation sites (N-methyl/N-ethyl adjacent to an activating group) is 1. The molecule has 1 aliphatic heterocycles. The summed E-state index contributed by atoms with van der Waals surface area (Å²) in [5.74, 6) is -1.57. The van der Waals surface area contributed by atoms with Crippen LogP contribution in [0.4, 0.5) is 18.0 Å². The summed E-state index contributed by atoms with van der Waals surface area (Å²) in [4.78, 5) is 39.0. The molecule has 43 heavy (non-hydrogen) atoms. The van der Waals surface area contributed by atoms with E-state index < -0.39 is 46.0 Å². The summed E-state index contributed by atoms with van der Waals surface area (Å²) in [6.07, 6.45) is -5.04. The third kappa shape index (κ3) is 8.97. The maximum absolute atomic E-state index is 14.2. The van der Waals surface area contributed by atoms with Gasteiger partial charge in [-0.05, 0) is 60.8 Å². The summed E-state index contributed by atoms with van der Waals surface area (Å²) in [5, 5.41) is 13.1. The molecule has 1 saturated heterocycles.